The van der Waals surface area contributed by atoms with Crippen molar-refractivity contribution in [3.8, 4) is 11.5 Å². The molecule has 4 aromatic rings. The van der Waals surface area contributed by atoms with Crippen molar-refractivity contribution < 1.29 is 38.9 Å². The van der Waals surface area contributed by atoms with Crippen molar-refractivity contribution in [3.05, 3.63) is 59.9 Å². The van der Waals surface area contributed by atoms with Crippen molar-refractivity contribution in [3.63, 3.8) is 0 Å². The quantitative estimate of drug-likeness (QED) is 0.0974. The molecule has 0 saturated carbocycles. The number of carboxylic acids is 2. The molecule has 10 N–H and O–H groups in total. The Morgan fingerprint density at radius 2 is 1.20 bits per heavy atom. The van der Waals surface area contributed by atoms with Crippen molar-refractivity contribution in [2.24, 2.45) is 17.2 Å². The average Bonchev–Trinajstić information content (AvgIpc) is 3.50. The van der Waals surface area contributed by atoms with Gasteiger partial charge in [-0.15, -0.1) is 0 Å². The summed E-state index contributed by atoms with van der Waals surface area (Å²) in [6, 6.07) is 6.45. The lowest BCUT2D eigenvalue weighted by molar-refractivity contribution is -0.139. The summed E-state index contributed by atoms with van der Waals surface area (Å²) in [6.45, 7) is 0. The number of nitrogens with one attached hydrogen (secondary N) is 2. The minimum absolute atomic E-state index is 0.0338. The monoisotopic (exact) mass is 551 g/mol. The number of aromatic nitrogens is 2. The summed E-state index contributed by atoms with van der Waals surface area (Å²) < 4.78 is 10.8. The van der Waals surface area contributed by atoms with E-state index in [4.69, 9.17) is 36.9 Å². The van der Waals surface area contributed by atoms with Gasteiger partial charge in [-0.1, -0.05) is 0 Å². The number of aliphatic carboxylic acids is 2. The number of rotatable bonds is 12. The number of hydrogen-bond donors (Lipinski definition) is 7. The zero-order valence-electron chi connectivity index (χ0n) is 21.3. The van der Waals surface area contributed by atoms with E-state index in [9.17, 15) is 19.2 Å². The third kappa shape index (κ3) is 6.64. The lowest BCUT2D eigenvalue weighted by Gasteiger charge is -2.12. The van der Waals surface area contributed by atoms with Crippen LogP contribution in [0.4, 0.5) is 0 Å². The highest BCUT2D eigenvalue weighted by atomic mass is 16.5. The summed E-state index contributed by atoms with van der Waals surface area (Å²) in [5.74, 6) is -3.16. The zero-order valence-corrected chi connectivity index (χ0v) is 21.3. The Morgan fingerprint density at radius 3 is 1.68 bits per heavy atom. The molecule has 0 aliphatic carbocycles. The number of esters is 2. The number of benzene rings is 2. The first-order valence-corrected chi connectivity index (χ1v) is 12.4. The van der Waals surface area contributed by atoms with E-state index in [1.165, 1.54) is 0 Å². The van der Waals surface area contributed by atoms with Crippen LogP contribution in [0.15, 0.2) is 48.8 Å². The van der Waals surface area contributed by atoms with Crippen LogP contribution in [0, 0.1) is 0 Å². The van der Waals surface area contributed by atoms with Crippen LogP contribution in [0.1, 0.15) is 24.0 Å². The molecule has 40 heavy (non-hydrogen) atoms. The number of carboxylic acid groups (broad SMARTS) is 2. The number of nitrogens with two attached hydrogens (primary N) is 3. The van der Waals surface area contributed by atoms with Crippen molar-refractivity contribution in [2.45, 2.75) is 43.8 Å². The van der Waals surface area contributed by atoms with E-state index in [0.29, 0.717) is 27.4 Å². The largest absolute Gasteiger partial charge is 0.480 e. The van der Waals surface area contributed by atoms with Crippen LogP contribution >= 0.6 is 0 Å². The highest BCUT2D eigenvalue weighted by molar-refractivity contribution is 5.88. The Morgan fingerprint density at radius 1 is 0.725 bits per heavy atom. The minimum atomic E-state index is -1.13. The lowest BCUT2D eigenvalue weighted by atomic mass is 10.1. The van der Waals surface area contributed by atoms with Gasteiger partial charge >= 0.3 is 23.9 Å². The first-order valence-electron chi connectivity index (χ1n) is 12.4. The maximum atomic E-state index is 12.5. The Labute approximate surface area is 227 Å². The van der Waals surface area contributed by atoms with Crippen LogP contribution < -0.4 is 26.7 Å². The molecule has 0 radical (unpaired) electrons. The van der Waals surface area contributed by atoms with E-state index in [1.807, 2.05) is 0 Å². The molecular formula is C27H29N5O8. The summed E-state index contributed by atoms with van der Waals surface area (Å²) in [5, 5.41) is 19.5. The van der Waals surface area contributed by atoms with Gasteiger partial charge in [0.05, 0.1) is 0 Å². The standard InChI is InChI=1S/C27H29N5O8/c28-19(27(38)40-16-2-5-23-18(10-16)14(12-32-23)8-21(30)26(36)37)3-6-24(33)39-15-1-4-22-17(9-15)13(11-31-22)7-20(29)25(34)35/h1-2,4-5,9-12,19-21,31-32H,3,6-8,28-30H2,(H,34,35)(H,36,37)/t19-,20-,21-/m0/s1. The molecule has 13 nitrogen and oxygen atoms in total. The van der Waals surface area contributed by atoms with E-state index >= 15 is 0 Å². The Kier molecular flexibility index (Phi) is 8.48. The maximum absolute atomic E-state index is 12.5. The van der Waals surface area contributed by atoms with Gasteiger partial charge in [-0.2, -0.15) is 0 Å². The number of carbonyl (C=O) groups excluding carboxylic acids is 2. The van der Waals surface area contributed by atoms with Gasteiger partial charge in [0.1, 0.15) is 29.6 Å². The van der Waals surface area contributed by atoms with Crippen molar-refractivity contribution >= 4 is 45.7 Å². The molecule has 0 amide bonds. The number of fused-ring (bicyclic) bond motifs is 2. The molecule has 210 valence electrons. The smallest absolute Gasteiger partial charge is 0.328 e. The van der Waals surface area contributed by atoms with Crippen molar-refractivity contribution in [2.75, 3.05) is 0 Å². The van der Waals surface area contributed by atoms with Crippen LogP contribution in [-0.2, 0) is 32.0 Å². The molecule has 2 aromatic heterocycles. The second-order valence-corrected chi connectivity index (χ2v) is 9.38. The predicted molar refractivity (Wildman–Crippen MR) is 144 cm³/mol. The van der Waals surface area contributed by atoms with Crippen molar-refractivity contribution in [1.29, 1.82) is 0 Å². The predicted octanol–water partition coefficient (Wildman–Crippen LogP) is 1.18. The molecule has 0 fully saturated rings. The highest BCUT2D eigenvalue weighted by Crippen LogP contribution is 2.26. The van der Waals surface area contributed by atoms with Gasteiger partial charge in [0.2, 0.25) is 0 Å². The molecule has 0 bridgehead atoms. The molecule has 0 aliphatic rings. The third-order valence-electron chi connectivity index (χ3n) is 6.40. The van der Waals surface area contributed by atoms with Gasteiger partial charge in [0, 0.05) is 53.5 Å². The van der Waals surface area contributed by atoms with Crippen molar-refractivity contribution in [1.82, 2.24) is 9.97 Å². The Bertz CT molecular complexity index is 1580. The van der Waals surface area contributed by atoms with E-state index in [1.54, 1.807) is 48.8 Å². The van der Waals surface area contributed by atoms with Crippen LogP contribution in [0.25, 0.3) is 21.8 Å². The van der Waals surface area contributed by atoms with E-state index in [2.05, 4.69) is 9.97 Å². The second kappa shape index (κ2) is 12.0. The molecule has 0 unspecified atom stereocenters. The molecule has 13 heteroatoms. The van der Waals surface area contributed by atoms with Gasteiger partial charge in [0.25, 0.3) is 0 Å². The average molecular weight is 552 g/mol. The summed E-state index contributed by atoms with van der Waals surface area (Å²) in [5.41, 5.74) is 20.0. The third-order valence-corrected chi connectivity index (χ3v) is 6.40. The SMILES string of the molecule is N[C@@H](Cc1c[nH]c2ccc(OC(=O)CC[C@H](N)C(=O)Oc3ccc4[nH]cc(C[C@H](N)C(=O)O)c4c3)cc12)C(=O)O. The number of hydrogen-bond acceptors (Lipinski definition) is 9. The summed E-state index contributed by atoms with van der Waals surface area (Å²) >= 11 is 0. The van der Waals surface area contributed by atoms with E-state index in [0.717, 1.165) is 5.52 Å². The van der Waals surface area contributed by atoms with Crippen LogP contribution in [0.3, 0.4) is 0 Å². The van der Waals surface area contributed by atoms with Crippen LogP contribution in [0.2, 0.25) is 0 Å². The topological polar surface area (TPSA) is 237 Å². The lowest BCUT2D eigenvalue weighted by Crippen LogP contribution is -2.35. The van der Waals surface area contributed by atoms with Gasteiger partial charge < -0.3 is 46.9 Å². The summed E-state index contributed by atoms with van der Waals surface area (Å²) in [6.07, 6.45) is 3.29. The number of H-pyrrole nitrogens is 2. The normalized spacial score (nSPS) is 13.6. The number of ether oxygens (including phenoxy) is 2. The molecule has 4 rings (SSSR count). The summed E-state index contributed by atoms with van der Waals surface area (Å²) in [7, 11) is 0. The first-order chi connectivity index (χ1) is 19.0. The second-order valence-electron chi connectivity index (χ2n) is 9.38. The molecule has 2 heterocycles. The molecule has 3 atom stereocenters. The van der Waals surface area contributed by atoms with Gasteiger partial charge in [-0.05, 0) is 53.9 Å². The fourth-order valence-electron chi connectivity index (χ4n) is 4.19. The van der Waals surface area contributed by atoms with E-state index in [-0.39, 0.29) is 37.2 Å². The number of aromatic amines is 2. The van der Waals surface area contributed by atoms with Crippen LogP contribution in [0.5, 0.6) is 11.5 Å². The Balaban J connectivity index is 1.33. The first kappa shape index (κ1) is 28.3. The summed E-state index contributed by atoms with van der Waals surface area (Å²) in [4.78, 5) is 53.2. The van der Waals surface area contributed by atoms with E-state index < -0.39 is 42.0 Å². The number of carbonyl (C=O) groups is 4. The van der Waals surface area contributed by atoms with Gasteiger partial charge in [-0.25, -0.2) is 4.79 Å². The highest BCUT2D eigenvalue weighted by Gasteiger charge is 2.20. The molecule has 0 saturated heterocycles. The fraction of sp³-hybridized carbons (Fsp3) is 0.259. The minimum Gasteiger partial charge on any atom is -0.480 e. The fourth-order valence-corrected chi connectivity index (χ4v) is 4.19. The maximum Gasteiger partial charge on any atom is 0.328 e. The van der Waals surface area contributed by atoms with Gasteiger partial charge in [-0.3, -0.25) is 14.4 Å². The van der Waals surface area contributed by atoms with Gasteiger partial charge in [0.15, 0.2) is 0 Å². The molecule has 0 spiro atoms. The van der Waals surface area contributed by atoms with Crippen LogP contribution in [-0.4, -0.2) is 62.2 Å². The zero-order chi connectivity index (χ0) is 29.0. The molecule has 0 aliphatic heterocycles. The Hall–Kier alpha value is -4.72. The molecule has 2 aromatic carbocycles. The molecular weight excluding hydrogens is 522 g/mol.